The molecule has 0 spiro atoms. The topological polar surface area (TPSA) is 79.0 Å². The van der Waals surface area contributed by atoms with E-state index in [9.17, 15) is 14.4 Å². The van der Waals surface area contributed by atoms with Gasteiger partial charge in [0.15, 0.2) is 12.4 Å². The third-order valence-corrected chi connectivity index (χ3v) is 4.53. The second-order valence-electron chi connectivity index (χ2n) is 6.24. The summed E-state index contributed by atoms with van der Waals surface area (Å²) in [5.74, 6) is -0.254. The van der Waals surface area contributed by atoms with Gasteiger partial charge in [0.1, 0.15) is 6.04 Å². The van der Waals surface area contributed by atoms with E-state index in [1.807, 2.05) is 30.3 Å². The maximum absolute atomic E-state index is 13.0. The van der Waals surface area contributed by atoms with E-state index in [1.54, 1.807) is 25.1 Å². The van der Waals surface area contributed by atoms with Crippen LogP contribution in [0.1, 0.15) is 12.5 Å². The molecule has 7 nitrogen and oxygen atoms in total. The number of benzene rings is 2. The highest BCUT2D eigenvalue weighted by Crippen LogP contribution is 2.40. The molecule has 1 saturated heterocycles. The first-order valence-electron chi connectivity index (χ1n) is 8.30. The number of rotatable bonds is 3. The molecule has 0 saturated carbocycles. The van der Waals surface area contributed by atoms with Crippen LogP contribution in [-0.4, -0.2) is 35.4 Å². The monoisotopic (exact) mass is 351 g/mol. The van der Waals surface area contributed by atoms with E-state index >= 15 is 0 Å². The summed E-state index contributed by atoms with van der Waals surface area (Å²) < 4.78 is 5.49. The Hall–Kier alpha value is -3.35. The lowest BCUT2D eigenvalue weighted by Gasteiger charge is -2.24. The number of fused-ring (bicyclic) bond motifs is 1. The van der Waals surface area contributed by atoms with Gasteiger partial charge in [-0.3, -0.25) is 9.59 Å². The molecule has 2 heterocycles. The number of amides is 4. The van der Waals surface area contributed by atoms with Crippen LogP contribution in [0.3, 0.4) is 0 Å². The molecule has 0 bridgehead atoms. The van der Waals surface area contributed by atoms with E-state index in [0.29, 0.717) is 23.7 Å². The summed E-state index contributed by atoms with van der Waals surface area (Å²) in [6.45, 7) is 1.90. The third kappa shape index (κ3) is 2.57. The standard InChI is InChI=1S/C19H17N3O4/c1-12-18(24)22(19(25)21(12)10-13-6-3-2-4-7-13)15-9-5-8-14-17(15)26-11-16(23)20-14/h2-9,12H,10-11H2,1H3,(H,20,23). The van der Waals surface area contributed by atoms with Crippen molar-refractivity contribution in [3.05, 3.63) is 54.1 Å². The molecule has 4 amide bonds. The first-order valence-corrected chi connectivity index (χ1v) is 8.30. The fourth-order valence-electron chi connectivity index (χ4n) is 3.19. The number of nitrogens with one attached hydrogen (secondary N) is 1. The van der Waals surface area contributed by atoms with Crippen molar-refractivity contribution in [2.75, 3.05) is 16.8 Å². The van der Waals surface area contributed by atoms with Gasteiger partial charge in [-0.25, -0.2) is 9.69 Å². The number of anilines is 2. The van der Waals surface area contributed by atoms with Crippen molar-refractivity contribution in [3.63, 3.8) is 0 Å². The molecule has 2 aliphatic heterocycles. The molecule has 2 aromatic carbocycles. The average molecular weight is 351 g/mol. The summed E-state index contributed by atoms with van der Waals surface area (Å²) in [5, 5.41) is 2.69. The zero-order chi connectivity index (χ0) is 18.3. The zero-order valence-corrected chi connectivity index (χ0v) is 14.1. The fraction of sp³-hybridized carbons (Fsp3) is 0.211. The molecule has 132 valence electrons. The molecular formula is C19H17N3O4. The number of carbonyl (C=O) groups excluding carboxylic acids is 3. The SMILES string of the molecule is CC1C(=O)N(c2cccc3c2OCC(=O)N3)C(=O)N1Cc1ccccc1. The minimum Gasteiger partial charge on any atom is -0.479 e. The summed E-state index contributed by atoms with van der Waals surface area (Å²) in [5.41, 5.74) is 1.74. The Morgan fingerprint density at radius 3 is 2.62 bits per heavy atom. The van der Waals surface area contributed by atoms with Gasteiger partial charge in [-0.15, -0.1) is 0 Å². The molecule has 7 heteroatoms. The van der Waals surface area contributed by atoms with Crippen molar-refractivity contribution >= 4 is 29.2 Å². The number of hydrogen-bond donors (Lipinski definition) is 1. The second-order valence-corrected chi connectivity index (χ2v) is 6.24. The van der Waals surface area contributed by atoms with Crippen molar-refractivity contribution in [1.29, 1.82) is 0 Å². The Bertz CT molecular complexity index is 897. The normalized spacial score (nSPS) is 19.3. The predicted octanol–water partition coefficient (Wildman–Crippen LogP) is 2.37. The van der Waals surface area contributed by atoms with Crippen LogP contribution in [0, 0.1) is 0 Å². The Morgan fingerprint density at radius 2 is 1.85 bits per heavy atom. The first kappa shape index (κ1) is 16.1. The maximum Gasteiger partial charge on any atom is 0.332 e. The van der Waals surface area contributed by atoms with E-state index < -0.39 is 12.1 Å². The second kappa shape index (κ2) is 6.18. The number of ether oxygens (including phenoxy) is 1. The molecule has 1 fully saturated rings. The van der Waals surface area contributed by atoms with Crippen LogP contribution in [0.4, 0.5) is 16.2 Å². The van der Waals surface area contributed by atoms with E-state index in [1.165, 1.54) is 4.90 Å². The smallest absolute Gasteiger partial charge is 0.332 e. The van der Waals surface area contributed by atoms with E-state index in [0.717, 1.165) is 10.5 Å². The summed E-state index contributed by atoms with van der Waals surface area (Å²) in [4.78, 5) is 39.9. The van der Waals surface area contributed by atoms with E-state index in [-0.39, 0.29) is 18.4 Å². The molecule has 2 aromatic rings. The molecule has 2 aliphatic rings. The number of para-hydroxylation sites is 1. The van der Waals surface area contributed by atoms with Crippen molar-refractivity contribution in [3.8, 4) is 5.75 Å². The van der Waals surface area contributed by atoms with Crippen LogP contribution in [0.2, 0.25) is 0 Å². The fourth-order valence-corrected chi connectivity index (χ4v) is 3.19. The van der Waals surface area contributed by atoms with Crippen molar-refractivity contribution in [1.82, 2.24) is 4.90 Å². The molecular weight excluding hydrogens is 334 g/mol. The predicted molar refractivity (Wildman–Crippen MR) is 94.9 cm³/mol. The zero-order valence-electron chi connectivity index (χ0n) is 14.1. The summed E-state index contributed by atoms with van der Waals surface area (Å²) >= 11 is 0. The van der Waals surface area contributed by atoms with E-state index in [2.05, 4.69) is 5.32 Å². The number of hydrogen-bond acceptors (Lipinski definition) is 4. The van der Waals surface area contributed by atoms with Crippen LogP contribution in [0.5, 0.6) is 5.75 Å². The Balaban J connectivity index is 1.68. The lowest BCUT2D eigenvalue weighted by molar-refractivity contribution is -0.119. The lowest BCUT2D eigenvalue weighted by Crippen LogP contribution is -2.34. The van der Waals surface area contributed by atoms with Crippen LogP contribution in [0.15, 0.2) is 48.5 Å². The lowest BCUT2D eigenvalue weighted by atomic mass is 10.2. The highest BCUT2D eigenvalue weighted by Gasteiger charge is 2.44. The van der Waals surface area contributed by atoms with Gasteiger partial charge in [-0.1, -0.05) is 36.4 Å². The average Bonchev–Trinajstić information content (AvgIpc) is 2.85. The van der Waals surface area contributed by atoms with Gasteiger partial charge < -0.3 is 15.0 Å². The number of carbonyl (C=O) groups is 3. The van der Waals surface area contributed by atoms with Gasteiger partial charge in [0.25, 0.3) is 11.8 Å². The van der Waals surface area contributed by atoms with Crippen LogP contribution < -0.4 is 15.0 Å². The third-order valence-electron chi connectivity index (χ3n) is 4.53. The highest BCUT2D eigenvalue weighted by molar-refractivity contribution is 6.22. The van der Waals surface area contributed by atoms with Gasteiger partial charge >= 0.3 is 6.03 Å². The van der Waals surface area contributed by atoms with Gasteiger partial charge in [0.05, 0.1) is 11.4 Å². The molecule has 4 rings (SSSR count). The first-order chi connectivity index (χ1) is 12.6. The summed E-state index contributed by atoms with van der Waals surface area (Å²) in [6.07, 6.45) is 0. The highest BCUT2D eigenvalue weighted by atomic mass is 16.5. The van der Waals surface area contributed by atoms with Gasteiger partial charge in [-0.2, -0.15) is 0 Å². The maximum atomic E-state index is 13.0. The molecule has 0 aliphatic carbocycles. The van der Waals surface area contributed by atoms with Crippen LogP contribution in [0.25, 0.3) is 0 Å². The van der Waals surface area contributed by atoms with Crippen molar-refractivity contribution < 1.29 is 19.1 Å². The Labute approximate surface area is 150 Å². The minimum absolute atomic E-state index is 0.149. The summed E-state index contributed by atoms with van der Waals surface area (Å²) in [7, 11) is 0. The summed E-state index contributed by atoms with van der Waals surface area (Å²) in [6, 6.07) is 13.5. The molecule has 0 aromatic heterocycles. The molecule has 0 radical (unpaired) electrons. The number of imide groups is 1. The molecule has 1 N–H and O–H groups in total. The van der Waals surface area contributed by atoms with Gasteiger partial charge in [0.2, 0.25) is 0 Å². The Kier molecular flexibility index (Phi) is 3.84. The van der Waals surface area contributed by atoms with Crippen LogP contribution >= 0.6 is 0 Å². The van der Waals surface area contributed by atoms with Crippen molar-refractivity contribution in [2.24, 2.45) is 0 Å². The van der Waals surface area contributed by atoms with Gasteiger partial charge in [0, 0.05) is 6.54 Å². The largest absolute Gasteiger partial charge is 0.479 e. The number of nitrogens with zero attached hydrogens (tertiary/aromatic N) is 2. The van der Waals surface area contributed by atoms with E-state index in [4.69, 9.17) is 4.74 Å². The molecule has 1 unspecified atom stereocenters. The molecule has 26 heavy (non-hydrogen) atoms. The minimum atomic E-state index is -0.586. The van der Waals surface area contributed by atoms with Gasteiger partial charge in [-0.05, 0) is 24.6 Å². The number of urea groups is 1. The van der Waals surface area contributed by atoms with Crippen LogP contribution in [-0.2, 0) is 16.1 Å². The van der Waals surface area contributed by atoms with Crippen molar-refractivity contribution in [2.45, 2.75) is 19.5 Å². The Morgan fingerprint density at radius 1 is 1.08 bits per heavy atom. The quantitative estimate of drug-likeness (QED) is 0.861. The molecule has 1 atom stereocenters.